The van der Waals surface area contributed by atoms with Crippen molar-refractivity contribution < 1.29 is 9.90 Å². The number of nitrogens with zero attached hydrogens (tertiary/aromatic N) is 3. The van der Waals surface area contributed by atoms with E-state index >= 15 is 0 Å². The molecule has 116 valence electrons. The van der Waals surface area contributed by atoms with Gasteiger partial charge in [-0.3, -0.25) is 9.48 Å². The van der Waals surface area contributed by atoms with Crippen molar-refractivity contribution in [2.75, 3.05) is 11.4 Å². The lowest BCUT2D eigenvalue weighted by atomic mass is 9.90. The maximum absolute atomic E-state index is 12.2. The van der Waals surface area contributed by atoms with E-state index in [1.54, 1.807) is 4.90 Å². The molecule has 3 heterocycles. The van der Waals surface area contributed by atoms with E-state index in [0.29, 0.717) is 19.1 Å². The van der Waals surface area contributed by atoms with E-state index in [2.05, 4.69) is 33.0 Å². The summed E-state index contributed by atoms with van der Waals surface area (Å²) in [4.78, 5) is 13.9. The first-order valence-corrected chi connectivity index (χ1v) is 7.59. The molecule has 6 heteroatoms. The number of aliphatic hydroxyl groups excluding tert-OH is 1. The Morgan fingerprint density at radius 2 is 2.05 bits per heavy atom. The minimum absolute atomic E-state index is 0.0116. The van der Waals surface area contributed by atoms with E-state index in [1.165, 1.54) is 0 Å². The largest absolute Gasteiger partial charge is 0.391 e. The normalized spacial score (nSPS) is 26.3. The number of rotatable bonds is 1. The van der Waals surface area contributed by atoms with E-state index < -0.39 is 6.10 Å². The number of β-amino-alcohol motifs (C(OH)–C–C–N with tert-alkyl or cyclic N) is 1. The maximum atomic E-state index is 12.2. The lowest BCUT2D eigenvalue weighted by Crippen LogP contribution is -2.38. The molecule has 2 N–H and O–H groups in total. The predicted octanol–water partition coefficient (Wildman–Crippen LogP) is 0.770. The predicted molar refractivity (Wildman–Crippen MR) is 80.2 cm³/mol. The Hall–Kier alpha value is -1.40. The SMILES string of the molecule is CC1Cn2nc(C(C)(C)C)c(N3CC(O)CC3=O)c2CN1. The van der Waals surface area contributed by atoms with Crippen molar-refractivity contribution in [1.29, 1.82) is 0 Å². The van der Waals surface area contributed by atoms with E-state index in [4.69, 9.17) is 5.10 Å². The van der Waals surface area contributed by atoms with Crippen molar-refractivity contribution in [3.05, 3.63) is 11.4 Å². The van der Waals surface area contributed by atoms with Crippen LogP contribution in [-0.4, -0.2) is 39.5 Å². The van der Waals surface area contributed by atoms with Crippen LogP contribution < -0.4 is 10.2 Å². The van der Waals surface area contributed by atoms with Crippen LogP contribution in [0.5, 0.6) is 0 Å². The molecular weight excluding hydrogens is 268 g/mol. The zero-order chi connectivity index (χ0) is 15.4. The van der Waals surface area contributed by atoms with E-state index in [1.807, 2.05) is 4.68 Å². The molecule has 3 rings (SSSR count). The van der Waals surface area contributed by atoms with Gasteiger partial charge in [0.25, 0.3) is 0 Å². The Balaban J connectivity index is 2.11. The smallest absolute Gasteiger partial charge is 0.229 e. The van der Waals surface area contributed by atoms with Crippen molar-refractivity contribution in [2.24, 2.45) is 0 Å². The highest BCUT2D eigenvalue weighted by Gasteiger charge is 2.38. The van der Waals surface area contributed by atoms with Crippen LogP contribution in [0.15, 0.2) is 0 Å². The standard InChI is InChI=1S/C15H24N4O2/c1-9-7-19-11(6-16-9)13(14(17-19)15(2,3)4)18-8-10(20)5-12(18)21/h9-10,16,20H,5-8H2,1-4H3. The summed E-state index contributed by atoms with van der Waals surface area (Å²) in [7, 11) is 0. The maximum Gasteiger partial charge on any atom is 0.229 e. The molecule has 1 fully saturated rings. The number of aromatic nitrogens is 2. The third-order valence-electron chi connectivity index (χ3n) is 4.18. The van der Waals surface area contributed by atoms with Gasteiger partial charge in [0.1, 0.15) is 0 Å². The third-order valence-corrected chi connectivity index (χ3v) is 4.18. The number of hydrogen-bond acceptors (Lipinski definition) is 4. The summed E-state index contributed by atoms with van der Waals surface area (Å²) < 4.78 is 2.02. The number of hydrogen-bond donors (Lipinski definition) is 2. The van der Waals surface area contributed by atoms with Crippen molar-refractivity contribution in [3.63, 3.8) is 0 Å². The van der Waals surface area contributed by atoms with Crippen LogP contribution >= 0.6 is 0 Å². The van der Waals surface area contributed by atoms with Crippen LogP contribution in [0.4, 0.5) is 5.69 Å². The number of carbonyl (C=O) groups excluding carboxylic acids is 1. The minimum Gasteiger partial charge on any atom is -0.391 e. The van der Waals surface area contributed by atoms with Gasteiger partial charge in [-0.2, -0.15) is 5.10 Å². The van der Waals surface area contributed by atoms with Gasteiger partial charge >= 0.3 is 0 Å². The monoisotopic (exact) mass is 292 g/mol. The molecule has 1 saturated heterocycles. The quantitative estimate of drug-likeness (QED) is 0.802. The zero-order valence-corrected chi connectivity index (χ0v) is 13.2. The van der Waals surface area contributed by atoms with E-state index in [9.17, 15) is 9.90 Å². The molecule has 2 aliphatic heterocycles. The van der Waals surface area contributed by atoms with Crippen molar-refractivity contribution >= 4 is 11.6 Å². The summed E-state index contributed by atoms with van der Waals surface area (Å²) in [6.45, 7) is 10.3. The van der Waals surface area contributed by atoms with Gasteiger partial charge < -0.3 is 15.3 Å². The fourth-order valence-corrected chi connectivity index (χ4v) is 3.10. The molecule has 0 radical (unpaired) electrons. The second-order valence-corrected chi connectivity index (χ2v) is 7.22. The van der Waals surface area contributed by atoms with Gasteiger partial charge in [0.05, 0.1) is 42.7 Å². The summed E-state index contributed by atoms with van der Waals surface area (Å²) in [5.41, 5.74) is 2.76. The molecule has 0 aliphatic carbocycles. The fourth-order valence-electron chi connectivity index (χ4n) is 3.10. The molecule has 2 atom stereocenters. The van der Waals surface area contributed by atoms with Crippen molar-refractivity contribution in [1.82, 2.24) is 15.1 Å². The Morgan fingerprint density at radius 1 is 1.33 bits per heavy atom. The molecule has 1 aromatic heterocycles. The number of aliphatic hydroxyl groups is 1. The van der Waals surface area contributed by atoms with Crippen LogP contribution in [0.3, 0.4) is 0 Å². The van der Waals surface area contributed by atoms with Crippen LogP contribution in [0, 0.1) is 0 Å². The second-order valence-electron chi connectivity index (χ2n) is 7.22. The molecule has 0 spiro atoms. The number of nitrogens with one attached hydrogen (secondary N) is 1. The zero-order valence-electron chi connectivity index (χ0n) is 13.2. The minimum atomic E-state index is -0.573. The topological polar surface area (TPSA) is 70.4 Å². The van der Waals surface area contributed by atoms with Crippen molar-refractivity contribution in [2.45, 2.75) is 64.8 Å². The highest BCUT2D eigenvalue weighted by Crippen LogP contribution is 2.37. The summed E-state index contributed by atoms with van der Waals surface area (Å²) in [5.74, 6) is -0.0116. The summed E-state index contributed by atoms with van der Waals surface area (Å²) >= 11 is 0. The van der Waals surface area contributed by atoms with Gasteiger partial charge in [-0.25, -0.2) is 0 Å². The Bertz CT molecular complexity index is 573. The van der Waals surface area contributed by atoms with Crippen molar-refractivity contribution in [3.8, 4) is 0 Å². The Morgan fingerprint density at radius 3 is 2.62 bits per heavy atom. The number of fused-ring (bicyclic) bond motifs is 1. The molecule has 2 unspecified atom stereocenters. The van der Waals surface area contributed by atoms with Gasteiger partial charge in [-0.1, -0.05) is 20.8 Å². The van der Waals surface area contributed by atoms with Gasteiger partial charge in [0, 0.05) is 18.0 Å². The van der Waals surface area contributed by atoms with E-state index in [0.717, 1.165) is 23.6 Å². The summed E-state index contributed by atoms with van der Waals surface area (Å²) in [6.07, 6.45) is -0.366. The highest BCUT2D eigenvalue weighted by atomic mass is 16.3. The number of amides is 1. The first-order valence-electron chi connectivity index (χ1n) is 7.59. The number of anilines is 1. The molecule has 0 aromatic carbocycles. The molecule has 0 bridgehead atoms. The first kappa shape index (κ1) is 14.5. The summed E-state index contributed by atoms with van der Waals surface area (Å²) in [6, 6.07) is 0.373. The lowest BCUT2D eigenvalue weighted by molar-refractivity contribution is -0.117. The molecule has 1 aromatic rings. The molecule has 2 aliphatic rings. The summed E-state index contributed by atoms with van der Waals surface area (Å²) in [5, 5.41) is 18.0. The molecular formula is C15H24N4O2. The number of carbonyl (C=O) groups is 1. The van der Waals surface area contributed by atoms with Gasteiger partial charge in [-0.05, 0) is 6.92 Å². The van der Waals surface area contributed by atoms with Crippen LogP contribution in [0.2, 0.25) is 0 Å². The molecule has 21 heavy (non-hydrogen) atoms. The van der Waals surface area contributed by atoms with Gasteiger partial charge in [0.15, 0.2) is 0 Å². The van der Waals surface area contributed by atoms with Crippen LogP contribution in [-0.2, 0) is 23.3 Å². The van der Waals surface area contributed by atoms with E-state index in [-0.39, 0.29) is 17.7 Å². The Labute approximate surface area is 125 Å². The van der Waals surface area contributed by atoms with Crippen LogP contribution in [0.1, 0.15) is 45.5 Å². The molecule has 6 nitrogen and oxygen atoms in total. The van der Waals surface area contributed by atoms with Crippen LogP contribution in [0.25, 0.3) is 0 Å². The highest BCUT2D eigenvalue weighted by molar-refractivity contribution is 5.97. The second kappa shape index (κ2) is 4.81. The Kier molecular flexibility index (Phi) is 3.33. The molecule has 1 amide bonds. The average Bonchev–Trinajstić information content (AvgIpc) is 2.88. The first-order chi connectivity index (χ1) is 9.77. The third kappa shape index (κ3) is 2.46. The lowest BCUT2D eigenvalue weighted by Gasteiger charge is -2.26. The fraction of sp³-hybridized carbons (Fsp3) is 0.733. The van der Waals surface area contributed by atoms with Gasteiger partial charge in [-0.15, -0.1) is 0 Å². The average molecular weight is 292 g/mol. The molecule has 0 saturated carbocycles. The van der Waals surface area contributed by atoms with Gasteiger partial charge in [0.2, 0.25) is 5.91 Å².